The zero-order valence-corrected chi connectivity index (χ0v) is 44.3. The molecule has 0 saturated carbocycles. The lowest BCUT2D eigenvalue weighted by molar-refractivity contribution is -0.148. The van der Waals surface area contributed by atoms with Gasteiger partial charge < -0.3 is 34.7 Å². The molecule has 6 heterocycles. The van der Waals surface area contributed by atoms with Crippen molar-refractivity contribution in [3.63, 3.8) is 0 Å². The summed E-state index contributed by atoms with van der Waals surface area (Å²) in [6, 6.07) is 18.0. The number of fused-ring (bicyclic) bond motifs is 2. The van der Waals surface area contributed by atoms with Crippen molar-refractivity contribution in [3.8, 4) is 5.75 Å². The van der Waals surface area contributed by atoms with E-state index in [1.807, 2.05) is 24.4 Å². The number of likely N-dealkylation sites (tertiary alicyclic amines) is 4. The molecule has 0 spiro atoms. The van der Waals surface area contributed by atoms with Crippen molar-refractivity contribution >= 4 is 80.9 Å². The molecule has 4 N–H and O–H groups in total. The molecule has 2 atom stereocenters. The Kier molecular flexibility index (Phi) is 17.8. The summed E-state index contributed by atoms with van der Waals surface area (Å²) in [6.45, 7) is 4.76. The summed E-state index contributed by atoms with van der Waals surface area (Å²) in [5.74, 6) is -2.21. The smallest absolute Gasteiger partial charge is 0.321 e. The molecule has 18 heteroatoms. The second-order valence-electron chi connectivity index (χ2n) is 20.6. The first-order valence-corrected chi connectivity index (χ1v) is 27.1. The largest absolute Gasteiger partial charge is 0.497 e. The minimum Gasteiger partial charge on any atom is -0.497 e. The van der Waals surface area contributed by atoms with Gasteiger partial charge in [0.05, 0.1) is 17.2 Å². The molecule has 4 aliphatic rings. The lowest BCUT2D eigenvalue weighted by atomic mass is 9.84. The number of aromatic nitrogens is 2. The number of piperidine rings is 4. The van der Waals surface area contributed by atoms with Gasteiger partial charge in [0.1, 0.15) is 35.3 Å². The summed E-state index contributed by atoms with van der Waals surface area (Å²) in [6.07, 6.45) is 15.9. The summed E-state index contributed by atoms with van der Waals surface area (Å²) in [5, 5.41) is 23.4. The number of carbonyl (C=O) groups is 4. The molecule has 0 bridgehead atoms. The Hall–Kier alpha value is -6.59. The third kappa shape index (κ3) is 13.2. The van der Waals surface area contributed by atoms with Crippen LogP contribution in [0, 0.1) is 29.3 Å². The van der Waals surface area contributed by atoms with Crippen molar-refractivity contribution in [2.75, 3.05) is 59.5 Å². The molecule has 6 aromatic rings. The van der Waals surface area contributed by atoms with Crippen LogP contribution in [0.3, 0.4) is 0 Å². The maximum atomic E-state index is 13.6. The molecule has 406 valence electrons. The number of hydrogen-bond donors (Lipinski definition) is 4. The monoisotopic (exact) mass is 1090 g/mol. The number of rotatable bonds is 13. The summed E-state index contributed by atoms with van der Waals surface area (Å²) in [7, 11) is 1.65. The maximum absolute atomic E-state index is 13.6. The normalized spacial score (nSPS) is 18.7. The van der Waals surface area contributed by atoms with Crippen LogP contribution < -0.4 is 4.74 Å². The SMILES string of the molecule is COc1ccc2c(C3CCN(C(C(=O)O)C4CCN(C(=O)/C=C/c5cc(F)cc(F)c5)CC4)CC3)c[nH]c2c1.O=C(O)C(C1CCN(C(=O)/C=C/c2ccc(Cl)c(Cl)c2)CC1)N1CCC(c2c[nH]c3cc(F)ccc23)CC1. The van der Waals surface area contributed by atoms with Crippen LogP contribution in [0.25, 0.3) is 34.0 Å². The van der Waals surface area contributed by atoms with Crippen LogP contribution in [0.2, 0.25) is 10.0 Å². The number of benzene rings is 4. The van der Waals surface area contributed by atoms with E-state index in [4.69, 9.17) is 27.9 Å². The van der Waals surface area contributed by atoms with E-state index in [1.165, 1.54) is 46.9 Å². The van der Waals surface area contributed by atoms with Gasteiger partial charge in [-0.15, -0.1) is 0 Å². The fourth-order valence-electron chi connectivity index (χ4n) is 12.0. The number of carbonyl (C=O) groups excluding carboxylic acids is 2. The maximum Gasteiger partial charge on any atom is 0.321 e. The van der Waals surface area contributed by atoms with Gasteiger partial charge in [0.25, 0.3) is 0 Å². The number of nitrogens with zero attached hydrogens (tertiary/aromatic N) is 4. The fraction of sp³-hybridized carbons (Fsp3) is 0.390. The van der Waals surface area contributed by atoms with E-state index in [0.29, 0.717) is 99.9 Å². The Morgan fingerprint density at radius 2 is 1.03 bits per heavy atom. The molecule has 4 fully saturated rings. The number of H-pyrrole nitrogens is 2. The van der Waals surface area contributed by atoms with Crippen molar-refractivity contribution in [1.29, 1.82) is 0 Å². The van der Waals surface area contributed by atoms with E-state index in [-0.39, 0.29) is 35.0 Å². The van der Waals surface area contributed by atoms with Gasteiger partial charge in [-0.1, -0.05) is 29.3 Å². The first kappa shape index (κ1) is 55.2. The molecule has 2 unspecified atom stereocenters. The standard InChI is InChI=1S/C30H33F2N3O4.C29H30Cl2FN3O3/c1-39-24-3-4-25-26(18-33-27(25)17-24)20-6-12-35(13-7-20)29(30(37)38)21-8-10-34(11-9-21)28(36)5-2-19-14-22(31)16-23(32)15-19;30-24-5-1-18(15-25(24)31)2-6-27(36)34-11-9-20(10-12-34)28(29(37)38)35-13-7-19(8-14-35)23-17-33-26-16-21(32)3-4-22(23)26/h2-5,14-18,20-21,29,33H,6-13H2,1H3,(H,37,38);1-6,15-17,19-20,28,33H,7-14H2,(H,37,38)/b5-2+;6-2+. The molecule has 10 rings (SSSR count). The molecule has 77 heavy (non-hydrogen) atoms. The lowest BCUT2D eigenvalue weighted by Gasteiger charge is -2.41. The van der Waals surface area contributed by atoms with Gasteiger partial charge in [-0.05, 0) is 190 Å². The first-order chi connectivity index (χ1) is 37.1. The Labute approximate surface area is 455 Å². The number of methoxy groups -OCH3 is 1. The van der Waals surface area contributed by atoms with E-state index in [9.17, 15) is 42.6 Å². The Balaban J connectivity index is 0.000000188. The Morgan fingerprint density at radius 3 is 1.49 bits per heavy atom. The van der Waals surface area contributed by atoms with Crippen LogP contribution in [0.1, 0.15) is 85.5 Å². The Bertz CT molecular complexity index is 3130. The predicted molar refractivity (Wildman–Crippen MR) is 293 cm³/mol. The van der Waals surface area contributed by atoms with Gasteiger partial charge in [0.2, 0.25) is 11.8 Å². The van der Waals surface area contributed by atoms with Gasteiger partial charge in [-0.3, -0.25) is 29.0 Å². The summed E-state index contributed by atoms with van der Waals surface area (Å²) in [5.41, 5.74) is 5.33. The van der Waals surface area contributed by atoms with Crippen LogP contribution in [-0.4, -0.2) is 135 Å². The highest BCUT2D eigenvalue weighted by molar-refractivity contribution is 6.42. The quantitative estimate of drug-likeness (QED) is 0.0825. The molecule has 4 saturated heterocycles. The van der Waals surface area contributed by atoms with E-state index < -0.39 is 35.7 Å². The molecule has 13 nitrogen and oxygen atoms in total. The number of aliphatic carboxylic acids is 2. The van der Waals surface area contributed by atoms with Crippen LogP contribution in [0.15, 0.2) is 97.3 Å². The van der Waals surface area contributed by atoms with E-state index in [2.05, 4.69) is 32.0 Å². The predicted octanol–water partition coefficient (Wildman–Crippen LogP) is 11.2. The number of aromatic amines is 2. The average molecular weight is 1100 g/mol. The van der Waals surface area contributed by atoms with Gasteiger partial charge in [-0.25, -0.2) is 13.2 Å². The van der Waals surface area contributed by atoms with Crippen molar-refractivity contribution in [3.05, 3.63) is 147 Å². The van der Waals surface area contributed by atoms with Crippen molar-refractivity contribution in [2.45, 2.75) is 75.3 Å². The van der Waals surface area contributed by atoms with Crippen LogP contribution in [0.5, 0.6) is 5.75 Å². The van der Waals surface area contributed by atoms with E-state index in [1.54, 1.807) is 41.2 Å². The molecular formula is C59H63Cl2F3N6O7. The second-order valence-corrected chi connectivity index (χ2v) is 21.5. The molecule has 4 aromatic carbocycles. The average Bonchev–Trinajstić information content (AvgIpc) is 4.06. The lowest BCUT2D eigenvalue weighted by Crippen LogP contribution is -2.52. The number of nitrogens with one attached hydrogen (secondary N) is 2. The van der Waals surface area contributed by atoms with E-state index in [0.717, 1.165) is 71.6 Å². The van der Waals surface area contributed by atoms with Crippen molar-refractivity contribution < 1.29 is 47.3 Å². The van der Waals surface area contributed by atoms with Crippen LogP contribution in [-0.2, 0) is 19.2 Å². The third-order valence-corrected chi connectivity index (χ3v) is 16.8. The van der Waals surface area contributed by atoms with Crippen molar-refractivity contribution in [1.82, 2.24) is 29.6 Å². The zero-order chi connectivity index (χ0) is 54.3. The molecule has 4 aliphatic heterocycles. The molecule has 2 amide bonds. The van der Waals surface area contributed by atoms with Crippen molar-refractivity contribution in [2.24, 2.45) is 11.8 Å². The third-order valence-electron chi connectivity index (χ3n) is 16.1. The molecule has 0 radical (unpaired) electrons. The highest BCUT2D eigenvalue weighted by Crippen LogP contribution is 2.38. The number of amides is 2. The minimum atomic E-state index is -0.814. The number of carboxylic acid groups (broad SMARTS) is 2. The molecular weight excluding hydrogens is 1030 g/mol. The fourth-order valence-corrected chi connectivity index (χ4v) is 12.4. The topological polar surface area (TPSA) is 163 Å². The zero-order valence-electron chi connectivity index (χ0n) is 42.8. The van der Waals surface area contributed by atoms with Gasteiger partial charge >= 0.3 is 11.9 Å². The number of ether oxygens (including phenoxy) is 1. The summed E-state index contributed by atoms with van der Waals surface area (Å²) in [4.78, 5) is 64.2. The van der Waals surface area contributed by atoms with Gasteiger partial charge in [0, 0.05) is 84.7 Å². The summed E-state index contributed by atoms with van der Waals surface area (Å²) >= 11 is 12.0. The molecule has 2 aromatic heterocycles. The number of hydrogen-bond acceptors (Lipinski definition) is 7. The molecule has 0 aliphatic carbocycles. The highest BCUT2D eigenvalue weighted by atomic mass is 35.5. The number of carboxylic acids is 2. The van der Waals surface area contributed by atoms with E-state index >= 15 is 0 Å². The van der Waals surface area contributed by atoms with Gasteiger partial charge in [0.15, 0.2) is 0 Å². The minimum absolute atomic E-state index is 0.0109. The highest BCUT2D eigenvalue weighted by Gasteiger charge is 2.40. The number of halogens is 5. The summed E-state index contributed by atoms with van der Waals surface area (Å²) < 4.78 is 45.7. The Morgan fingerprint density at radius 1 is 0.558 bits per heavy atom. The van der Waals surface area contributed by atoms with Crippen LogP contribution in [0.4, 0.5) is 13.2 Å². The second kappa shape index (κ2) is 24.8. The van der Waals surface area contributed by atoms with Crippen LogP contribution >= 0.6 is 23.2 Å². The first-order valence-electron chi connectivity index (χ1n) is 26.3. The van der Waals surface area contributed by atoms with Gasteiger partial charge in [-0.2, -0.15) is 0 Å².